The Morgan fingerprint density at radius 1 is 1.36 bits per heavy atom. The highest BCUT2D eigenvalue weighted by atomic mass is 16.2. The SMILES string of the molecule is CCn1cc(-c2cncc([C@@H]3CCCN(C(C)=O)C3)n2)cn1. The summed E-state index contributed by atoms with van der Waals surface area (Å²) >= 11 is 0. The average Bonchev–Trinajstić information content (AvgIpc) is 3.04. The lowest BCUT2D eigenvalue weighted by Gasteiger charge is -2.31. The largest absolute Gasteiger partial charge is 0.342 e. The van der Waals surface area contributed by atoms with E-state index in [0.29, 0.717) is 0 Å². The predicted octanol–water partition coefficient (Wildman–Crippen LogP) is 2.09. The van der Waals surface area contributed by atoms with Crippen LogP contribution in [0.2, 0.25) is 0 Å². The van der Waals surface area contributed by atoms with E-state index in [-0.39, 0.29) is 11.8 Å². The van der Waals surface area contributed by atoms with Crippen molar-refractivity contribution < 1.29 is 4.79 Å². The van der Waals surface area contributed by atoms with Crippen LogP contribution >= 0.6 is 0 Å². The molecule has 3 rings (SSSR count). The third kappa shape index (κ3) is 3.00. The summed E-state index contributed by atoms with van der Waals surface area (Å²) in [4.78, 5) is 22.6. The van der Waals surface area contributed by atoms with Gasteiger partial charge in [0.2, 0.25) is 5.91 Å². The number of hydrogen-bond acceptors (Lipinski definition) is 4. The fourth-order valence-corrected chi connectivity index (χ4v) is 2.89. The molecule has 1 fully saturated rings. The van der Waals surface area contributed by atoms with Crippen molar-refractivity contribution in [2.75, 3.05) is 13.1 Å². The van der Waals surface area contributed by atoms with Crippen molar-refractivity contribution in [2.45, 2.75) is 39.2 Å². The lowest BCUT2D eigenvalue weighted by molar-refractivity contribution is -0.130. The molecule has 1 saturated heterocycles. The van der Waals surface area contributed by atoms with Crippen molar-refractivity contribution >= 4 is 5.91 Å². The first kappa shape index (κ1) is 14.7. The van der Waals surface area contributed by atoms with E-state index in [2.05, 4.69) is 17.0 Å². The number of amides is 1. The first-order chi connectivity index (χ1) is 10.7. The molecule has 1 atom stereocenters. The topological polar surface area (TPSA) is 63.9 Å². The lowest BCUT2D eigenvalue weighted by atomic mass is 9.95. The molecule has 2 aromatic rings. The second kappa shape index (κ2) is 6.25. The van der Waals surface area contributed by atoms with Gasteiger partial charge in [-0.25, -0.2) is 4.98 Å². The minimum Gasteiger partial charge on any atom is -0.342 e. The molecule has 116 valence electrons. The molecule has 0 unspecified atom stereocenters. The zero-order valence-corrected chi connectivity index (χ0v) is 13.1. The minimum absolute atomic E-state index is 0.137. The number of aryl methyl sites for hydroxylation is 1. The van der Waals surface area contributed by atoms with E-state index in [1.54, 1.807) is 13.1 Å². The highest BCUT2D eigenvalue weighted by Crippen LogP contribution is 2.26. The molecule has 0 spiro atoms. The van der Waals surface area contributed by atoms with Crippen LogP contribution in [0.1, 0.15) is 38.3 Å². The van der Waals surface area contributed by atoms with Crippen LogP contribution in [0.15, 0.2) is 24.8 Å². The predicted molar refractivity (Wildman–Crippen MR) is 83.2 cm³/mol. The highest BCUT2D eigenvalue weighted by Gasteiger charge is 2.24. The zero-order chi connectivity index (χ0) is 15.5. The molecule has 0 radical (unpaired) electrons. The molecule has 0 aliphatic carbocycles. The summed E-state index contributed by atoms with van der Waals surface area (Å²) in [5, 5.41) is 4.28. The smallest absolute Gasteiger partial charge is 0.219 e. The number of aromatic nitrogens is 4. The fraction of sp³-hybridized carbons (Fsp3) is 0.500. The summed E-state index contributed by atoms with van der Waals surface area (Å²) in [6.07, 6.45) is 9.46. The van der Waals surface area contributed by atoms with Gasteiger partial charge in [0.05, 0.1) is 23.8 Å². The number of carbonyl (C=O) groups excluding carboxylic acids is 1. The van der Waals surface area contributed by atoms with Crippen molar-refractivity contribution in [1.29, 1.82) is 0 Å². The maximum absolute atomic E-state index is 11.6. The quantitative estimate of drug-likeness (QED) is 0.870. The molecule has 1 aliphatic heterocycles. The second-order valence-electron chi connectivity index (χ2n) is 5.72. The third-order valence-corrected chi connectivity index (χ3v) is 4.19. The van der Waals surface area contributed by atoms with Crippen molar-refractivity contribution in [1.82, 2.24) is 24.6 Å². The van der Waals surface area contributed by atoms with Crippen molar-refractivity contribution in [3.63, 3.8) is 0 Å². The Morgan fingerprint density at radius 3 is 2.95 bits per heavy atom. The van der Waals surface area contributed by atoms with Crippen LogP contribution in [0, 0.1) is 0 Å². The number of carbonyl (C=O) groups is 1. The Balaban J connectivity index is 1.83. The van der Waals surface area contributed by atoms with Crippen LogP contribution in [-0.4, -0.2) is 43.6 Å². The van der Waals surface area contributed by atoms with Crippen LogP contribution in [0.4, 0.5) is 0 Å². The first-order valence-electron chi connectivity index (χ1n) is 7.77. The number of nitrogens with zero attached hydrogens (tertiary/aromatic N) is 5. The van der Waals surface area contributed by atoms with Gasteiger partial charge in [0.25, 0.3) is 0 Å². The van der Waals surface area contributed by atoms with Crippen molar-refractivity contribution in [3.05, 3.63) is 30.5 Å². The molecule has 0 saturated carbocycles. The summed E-state index contributed by atoms with van der Waals surface area (Å²) in [6, 6.07) is 0. The van der Waals surface area contributed by atoms with E-state index >= 15 is 0 Å². The van der Waals surface area contributed by atoms with E-state index in [0.717, 1.165) is 49.4 Å². The summed E-state index contributed by atoms with van der Waals surface area (Å²) in [7, 11) is 0. The van der Waals surface area contributed by atoms with Crippen LogP contribution in [0.5, 0.6) is 0 Å². The summed E-state index contributed by atoms with van der Waals surface area (Å²) in [5.41, 5.74) is 2.79. The van der Waals surface area contributed by atoms with Gasteiger partial charge in [-0.05, 0) is 19.8 Å². The number of hydrogen-bond donors (Lipinski definition) is 0. The number of likely N-dealkylation sites (tertiary alicyclic amines) is 1. The molecule has 2 aromatic heterocycles. The van der Waals surface area contributed by atoms with E-state index in [1.165, 1.54) is 0 Å². The molecular weight excluding hydrogens is 278 g/mol. The number of piperidine rings is 1. The summed E-state index contributed by atoms with van der Waals surface area (Å²) in [5.74, 6) is 0.407. The average molecular weight is 299 g/mol. The van der Waals surface area contributed by atoms with Crippen molar-refractivity contribution in [3.8, 4) is 11.3 Å². The highest BCUT2D eigenvalue weighted by molar-refractivity contribution is 5.73. The minimum atomic E-state index is 0.137. The Hall–Kier alpha value is -2.24. The Labute approximate surface area is 130 Å². The van der Waals surface area contributed by atoms with Gasteiger partial charge < -0.3 is 4.90 Å². The molecule has 0 bridgehead atoms. The van der Waals surface area contributed by atoms with Gasteiger partial charge in [0, 0.05) is 50.4 Å². The van der Waals surface area contributed by atoms with Gasteiger partial charge in [-0.2, -0.15) is 5.10 Å². The van der Waals surface area contributed by atoms with Gasteiger partial charge >= 0.3 is 0 Å². The van der Waals surface area contributed by atoms with Gasteiger partial charge in [0.15, 0.2) is 0 Å². The fourth-order valence-electron chi connectivity index (χ4n) is 2.89. The first-order valence-corrected chi connectivity index (χ1v) is 7.77. The normalized spacial score (nSPS) is 18.5. The van der Waals surface area contributed by atoms with E-state index in [4.69, 9.17) is 4.98 Å². The van der Waals surface area contributed by atoms with Crippen LogP contribution < -0.4 is 0 Å². The van der Waals surface area contributed by atoms with Gasteiger partial charge in [-0.3, -0.25) is 14.5 Å². The van der Waals surface area contributed by atoms with Crippen molar-refractivity contribution in [2.24, 2.45) is 0 Å². The molecule has 22 heavy (non-hydrogen) atoms. The zero-order valence-electron chi connectivity index (χ0n) is 13.1. The maximum Gasteiger partial charge on any atom is 0.219 e. The molecule has 3 heterocycles. The van der Waals surface area contributed by atoms with E-state index in [9.17, 15) is 4.79 Å². The van der Waals surface area contributed by atoms with Crippen LogP contribution in [0.3, 0.4) is 0 Å². The van der Waals surface area contributed by atoms with Gasteiger partial charge in [-0.1, -0.05) is 0 Å². The van der Waals surface area contributed by atoms with Gasteiger partial charge in [0.1, 0.15) is 0 Å². The Kier molecular flexibility index (Phi) is 4.18. The maximum atomic E-state index is 11.6. The summed E-state index contributed by atoms with van der Waals surface area (Å²) in [6.45, 7) is 6.11. The molecule has 0 aromatic carbocycles. The molecule has 6 heteroatoms. The molecule has 0 N–H and O–H groups in total. The Morgan fingerprint density at radius 2 is 2.23 bits per heavy atom. The monoisotopic (exact) mass is 299 g/mol. The number of rotatable bonds is 3. The molecule has 1 aliphatic rings. The second-order valence-corrected chi connectivity index (χ2v) is 5.72. The molecular formula is C16H21N5O. The van der Waals surface area contributed by atoms with Crippen LogP contribution in [-0.2, 0) is 11.3 Å². The lowest BCUT2D eigenvalue weighted by Crippen LogP contribution is -2.37. The van der Waals surface area contributed by atoms with E-state index < -0.39 is 0 Å². The molecule has 1 amide bonds. The van der Waals surface area contributed by atoms with E-state index in [1.807, 2.05) is 28.2 Å². The standard InChI is InChI=1S/C16H21N5O/c1-3-21-11-14(7-18-21)16-9-17-8-15(19-16)13-5-4-6-20(10-13)12(2)22/h7-9,11,13H,3-6,10H2,1-2H3/t13-/m1/s1. The van der Waals surface area contributed by atoms with Gasteiger partial charge in [-0.15, -0.1) is 0 Å². The Bertz CT molecular complexity index is 666. The molecule has 6 nitrogen and oxygen atoms in total. The third-order valence-electron chi connectivity index (χ3n) is 4.19. The summed E-state index contributed by atoms with van der Waals surface area (Å²) < 4.78 is 1.88. The van der Waals surface area contributed by atoms with Crippen LogP contribution in [0.25, 0.3) is 11.3 Å².